The second-order valence-electron chi connectivity index (χ2n) is 3.20. The van der Waals surface area contributed by atoms with Crippen molar-refractivity contribution in [3.05, 3.63) is 29.6 Å². The average molecular weight is 198 g/mol. The lowest BCUT2D eigenvalue weighted by atomic mass is 9.97. The molecule has 0 heterocycles. The number of aliphatic carboxylic acids is 1. The lowest BCUT2D eigenvalue weighted by molar-refractivity contribution is -0.137. The van der Waals surface area contributed by atoms with E-state index in [0.29, 0.717) is 5.56 Å². The molecule has 2 N–H and O–H groups in total. The van der Waals surface area contributed by atoms with E-state index >= 15 is 0 Å². The van der Waals surface area contributed by atoms with E-state index in [-0.39, 0.29) is 12.2 Å². The summed E-state index contributed by atoms with van der Waals surface area (Å²) >= 11 is 0. The predicted octanol–water partition coefficient (Wildman–Crippen LogP) is 2.11. The second-order valence-corrected chi connectivity index (χ2v) is 3.20. The van der Waals surface area contributed by atoms with Gasteiger partial charge < -0.3 is 10.2 Å². The molecule has 1 rings (SSSR count). The van der Waals surface area contributed by atoms with Crippen molar-refractivity contribution >= 4 is 5.97 Å². The molecule has 76 valence electrons. The molecule has 1 aromatic carbocycles. The van der Waals surface area contributed by atoms with Gasteiger partial charge in [0.25, 0.3) is 0 Å². The van der Waals surface area contributed by atoms with Crippen LogP contribution in [0.25, 0.3) is 0 Å². The van der Waals surface area contributed by atoms with Crippen molar-refractivity contribution in [1.82, 2.24) is 0 Å². The van der Waals surface area contributed by atoms with E-state index in [2.05, 4.69) is 0 Å². The summed E-state index contributed by atoms with van der Waals surface area (Å²) in [5.41, 5.74) is 0.310. The van der Waals surface area contributed by atoms with E-state index in [9.17, 15) is 9.18 Å². The monoisotopic (exact) mass is 198 g/mol. The number of carboxylic acids is 1. The van der Waals surface area contributed by atoms with E-state index in [1.165, 1.54) is 12.1 Å². The van der Waals surface area contributed by atoms with Crippen LogP contribution in [-0.4, -0.2) is 16.2 Å². The first-order valence-electron chi connectivity index (χ1n) is 4.21. The maximum atomic E-state index is 13.2. The van der Waals surface area contributed by atoms with Gasteiger partial charge in [0.05, 0.1) is 6.42 Å². The van der Waals surface area contributed by atoms with E-state index < -0.39 is 17.7 Å². The van der Waals surface area contributed by atoms with Crippen molar-refractivity contribution in [3.8, 4) is 5.75 Å². The van der Waals surface area contributed by atoms with Crippen molar-refractivity contribution in [2.24, 2.45) is 0 Å². The third-order valence-corrected chi connectivity index (χ3v) is 2.00. The molecule has 0 amide bonds. The van der Waals surface area contributed by atoms with Gasteiger partial charge in [-0.1, -0.05) is 13.0 Å². The van der Waals surface area contributed by atoms with E-state index in [0.717, 1.165) is 6.07 Å². The van der Waals surface area contributed by atoms with Crippen LogP contribution >= 0.6 is 0 Å². The molecule has 0 fully saturated rings. The predicted molar refractivity (Wildman–Crippen MR) is 48.7 cm³/mol. The van der Waals surface area contributed by atoms with E-state index in [1.807, 2.05) is 0 Å². The van der Waals surface area contributed by atoms with Gasteiger partial charge in [0.15, 0.2) is 0 Å². The first-order valence-corrected chi connectivity index (χ1v) is 4.21. The molecular formula is C10H11FO3. The van der Waals surface area contributed by atoms with Gasteiger partial charge in [-0.15, -0.1) is 0 Å². The highest BCUT2D eigenvalue weighted by molar-refractivity contribution is 5.68. The van der Waals surface area contributed by atoms with Gasteiger partial charge in [0.2, 0.25) is 0 Å². The van der Waals surface area contributed by atoms with Crippen LogP contribution in [0.2, 0.25) is 0 Å². The molecule has 14 heavy (non-hydrogen) atoms. The fraction of sp³-hybridized carbons (Fsp3) is 0.300. The van der Waals surface area contributed by atoms with Crippen LogP contribution in [0.1, 0.15) is 24.8 Å². The number of halogens is 1. The molecule has 0 saturated heterocycles. The number of phenols is 1. The molecule has 1 unspecified atom stereocenters. The lowest BCUT2D eigenvalue weighted by Crippen LogP contribution is -2.04. The number of benzene rings is 1. The molecule has 0 bridgehead atoms. The number of phenolic OH excluding ortho intramolecular Hbond substituents is 1. The molecule has 0 saturated carbocycles. The Bertz CT molecular complexity index is 349. The quantitative estimate of drug-likeness (QED) is 0.782. The second kappa shape index (κ2) is 4.09. The molecular weight excluding hydrogens is 187 g/mol. The average Bonchev–Trinajstić information content (AvgIpc) is 2.01. The molecule has 0 aliphatic rings. The van der Waals surface area contributed by atoms with Crippen molar-refractivity contribution < 1.29 is 19.4 Å². The van der Waals surface area contributed by atoms with E-state index in [1.54, 1.807) is 6.92 Å². The summed E-state index contributed by atoms with van der Waals surface area (Å²) in [4.78, 5) is 10.4. The Labute approximate surface area is 80.8 Å². The van der Waals surface area contributed by atoms with Crippen LogP contribution in [0.3, 0.4) is 0 Å². The summed E-state index contributed by atoms with van der Waals surface area (Å²) in [6.07, 6.45) is -0.123. The van der Waals surface area contributed by atoms with Crippen LogP contribution in [-0.2, 0) is 4.79 Å². The molecule has 0 radical (unpaired) electrons. The summed E-state index contributed by atoms with van der Waals surface area (Å²) in [6, 6.07) is 3.72. The molecule has 0 aliphatic heterocycles. The Morgan fingerprint density at radius 2 is 2.21 bits per heavy atom. The first-order chi connectivity index (χ1) is 6.50. The molecule has 0 aromatic heterocycles. The zero-order chi connectivity index (χ0) is 10.7. The smallest absolute Gasteiger partial charge is 0.303 e. The molecule has 1 atom stereocenters. The highest BCUT2D eigenvalue weighted by Gasteiger charge is 2.14. The normalized spacial score (nSPS) is 12.4. The molecule has 3 nitrogen and oxygen atoms in total. The molecule has 4 heteroatoms. The van der Waals surface area contributed by atoms with Gasteiger partial charge in [0, 0.05) is 6.07 Å². The number of hydrogen-bond acceptors (Lipinski definition) is 2. The zero-order valence-corrected chi connectivity index (χ0v) is 7.70. The SMILES string of the molecule is CC(CC(=O)O)c1ccc(O)cc1F. The van der Waals surface area contributed by atoms with Crippen LogP contribution in [0.4, 0.5) is 4.39 Å². The number of carboxylic acid groups (broad SMARTS) is 1. The first kappa shape index (κ1) is 10.5. The van der Waals surface area contributed by atoms with Crippen LogP contribution in [0, 0.1) is 5.82 Å². The van der Waals surface area contributed by atoms with Crippen LogP contribution in [0.15, 0.2) is 18.2 Å². The number of carbonyl (C=O) groups is 1. The highest BCUT2D eigenvalue weighted by Crippen LogP contribution is 2.24. The minimum absolute atomic E-state index is 0.123. The number of hydrogen-bond donors (Lipinski definition) is 2. The molecule has 0 spiro atoms. The van der Waals surface area contributed by atoms with Gasteiger partial charge in [-0.2, -0.15) is 0 Å². The molecule has 1 aromatic rings. The van der Waals surface area contributed by atoms with Gasteiger partial charge in [-0.3, -0.25) is 4.79 Å². The fourth-order valence-corrected chi connectivity index (χ4v) is 1.29. The Morgan fingerprint density at radius 1 is 1.57 bits per heavy atom. The summed E-state index contributed by atoms with van der Waals surface area (Å²) < 4.78 is 13.2. The summed E-state index contributed by atoms with van der Waals surface area (Å²) in [6.45, 7) is 1.63. The van der Waals surface area contributed by atoms with E-state index in [4.69, 9.17) is 10.2 Å². The van der Waals surface area contributed by atoms with Crippen LogP contribution < -0.4 is 0 Å². The van der Waals surface area contributed by atoms with Crippen molar-refractivity contribution in [2.75, 3.05) is 0 Å². The minimum Gasteiger partial charge on any atom is -0.508 e. The van der Waals surface area contributed by atoms with Gasteiger partial charge in [-0.05, 0) is 17.5 Å². The lowest BCUT2D eigenvalue weighted by Gasteiger charge is -2.10. The van der Waals surface area contributed by atoms with Crippen LogP contribution in [0.5, 0.6) is 5.75 Å². The summed E-state index contributed by atoms with van der Waals surface area (Å²) in [7, 11) is 0. The number of rotatable bonds is 3. The van der Waals surface area contributed by atoms with Crippen molar-refractivity contribution in [3.63, 3.8) is 0 Å². The van der Waals surface area contributed by atoms with Gasteiger partial charge in [-0.25, -0.2) is 4.39 Å². The third-order valence-electron chi connectivity index (χ3n) is 2.00. The number of aromatic hydroxyl groups is 1. The Balaban J connectivity index is 2.90. The van der Waals surface area contributed by atoms with Gasteiger partial charge in [0.1, 0.15) is 11.6 Å². The zero-order valence-electron chi connectivity index (χ0n) is 7.70. The standard InChI is InChI=1S/C10H11FO3/c1-6(4-10(13)14)8-3-2-7(12)5-9(8)11/h2-3,5-6,12H,4H2,1H3,(H,13,14). The van der Waals surface area contributed by atoms with Crippen molar-refractivity contribution in [2.45, 2.75) is 19.3 Å². The maximum absolute atomic E-state index is 13.2. The molecule has 0 aliphatic carbocycles. The summed E-state index contributed by atoms with van der Waals surface area (Å²) in [5, 5.41) is 17.5. The maximum Gasteiger partial charge on any atom is 0.303 e. The summed E-state index contributed by atoms with van der Waals surface area (Å²) in [5.74, 6) is -2.09. The Hall–Kier alpha value is -1.58. The topological polar surface area (TPSA) is 57.5 Å². The minimum atomic E-state index is -0.968. The third kappa shape index (κ3) is 2.45. The fourth-order valence-electron chi connectivity index (χ4n) is 1.29. The highest BCUT2D eigenvalue weighted by atomic mass is 19.1. The Kier molecular flexibility index (Phi) is 3.06. The van der Waals surface area contributed by atoms with Crippen molar-refractivity contribution in [1.29, 1.82) is 0 Å². The Morgan fingerprint density at radius 3 is 2.71 bits per heavy atom. The van der Waals surface area contributed by atoms with Gasteiger partial charge >= 0.3 is 5.97 Å². The largest absolute Gasteiger partial charge is 0.508 e.